The molecule has 0 radical (unpaired) electrons. The molecule has 3 amide bonds. The van der Waals surface area contributed by atoms with Crippen LogP contribution in [0.5, 0.6) is 0 Å². The number of hydrazone groups is 1. The Kier molecular flexibility index (Phi) is 5.00. The van der Waals surface area contributed by atoms with Gasteiger partial charge in [-0.2, -0.15) is 10.2 Å². The number of nitrogens with zero attached hydrogens (tertiary/aromatic N) is 5. The average Bonchev–Trinajstić information content (AvgIpc) is 3.38. The molecule has 1 aromatic carbocycles. The molecule has 1 N–H and O–H groups in total. The van der Waals surface area contributed by atoms with Gasteiger partial charge in [0.15, 0.2) is 0 Å². The third-order valence-corrected chi connectivity index (χ3v) is 5.67. The summed E-state index contributed by atoms with van der Waals surface area (Å²) in [5.41, 5.74) is 2.35. The molecule has 8 heteroatoms. The molecule has 1 aliphatic heterocycles. The van der Waals surface area contributed by atoms with Crippen LogP contribution in [0.4, 0.5) is 4.79 Å². The lowest BCUT2D eigenvalue weighted by molar-refractivity contribution is -0.131. The molecule has 31 heavy (non-hydrogen) atoms. The predicted molar refractivity (Wildman–Crippen MR) is 118 cm³/mol. The standard InChI is InChI=1S/C23H26N6O2/c1-15(2)28-20(11-12-24-28)27-16(3)13-18(17(27)4)14-25-29-21(30)23(5,26-22(29)31)19-9-7-6-8-10-19/h6-15H,1-5H3,(H,26,31)/b25-14-/t23-/m1/s1. The summed E-state index contributed by atoms with van der Waals surface area (Å²) >= 11 is 0. The van der Waals surface area contributed by atoms with Gasteiger partial charge >= 0.3 is 6.03 Å². The topological polar surface area (TPSA) is 84.5 Å². The molecule has 0 aliphatic carbocycles. The summed E-state index contributed by atoms with van der Waals surface area (Å²) in [6.07, 6.45) is 3.34. The van der Waals surface area contributed by atoms with E-state index in [-0.39, 0.29) is 6.04 Å². The van der Waals surface area contributed by atoms with Crippen molar-refractivity contribution in [2.45, 2.75) is 46.2 Å². The number of imide groups is 1. The Morgan fingerprint density at radius 2 is 1.84 bits per heavy atom. The van der Waals surface area contributed by atoms with Gasteiger partial charge in [0.1, 0.15) is 11.4 Å². The van der Waals surface area contributed by atoms with Crippen LogP contribution < -0.4 is 5.32 Å². The van der Waals surface area contributed by atoms with Gasteiger partial charge in [-0.05, 0) is 46.2 Å². The van der Waals surface area contributed by atoms with Crippen LogP contribution in [0.2, 0.25) is 0 Å². The zero-order chi connectivity index (χ0) is 22.3. The first-order chi connectivity index (χ1) is 14.7. The van der Waals surface area contributed by atoms with Crippen LogP contribution in [-0.2, 0) is 10.3 Å². The van der Waals surface area contributed by atoms with E-state index in [1.807, 2.05) is 61.0 Å². The number of aryl methyl sites for hydroxylation is 1. The Morgan fingerprint density at radius 3 is 2.52 bits per heavy atom. The maximum Gasteiger partial charge on any atom is 0.346 e. The van der Waals surface area contributed by atoms with Crippen molar-refractivity contribution in [2.75, 3.05) is 0 Å². The van der Waals surface area contributed by atoms with E-state index in [0.29, 0.717) is 5.56 Å². The van der Waals surface area contributed by atoms with Crippen molar-refractivity contribution in [3.63, 3.8) is 0 Å². The lowest BCUT2D eigenvalue weighted by Gasteiger charge is -2.20. The van der Waals surface area contributed by atoms with Gasteiger partial charge in [-0.3, -0.25) is 4.79 Å². The second kappa shape index (κ2) is 7.54. The zero-order valence-electron chi connectivity index (χ0n) is 18.3. The van der Waals surface area contributed by atoms with E-state index in [0.717, 1.165) is 27.8 Å². The van der Waals surface area contributed by atoms with Crippen LogP contribution in [0, 0.1) is 13.8 Å². The number of amides is 3. The molecule has 3 heterocycles. The maximum atomic E-state index is 13.0. The Balaban J connectivity index is 1.65. The third kappa shape index (κ3) is 3.34. The van der Waals surface area contributed by atoms with Crippen LogP contribution >= 0.6 is 0 Å². The molecule has 1 fully saturated rings. The molecule has 160 valence electrons. The van der Waals surface area contributed by atoms with Gasteiger partial charge in [0.2, 0.25) is 0 Å². The number of urea groups is 1. The fourth-order valence-corrected chi connectivity index (χ4v) is 3.97. The highest BCUT2D eigenvalue weighted by Crippen LogP contribution is 2.29. The second-order valence-electron chi connectivity index (χ2n) is 8.17. The van der Waals surface area contributed by atoms with Crippen LogP contribution in [0.1, 0.15) is 49.3 Å². The molecule has 0 bridgehead atoms. The third-order valence-electron chi connectivity index (χ3n) is 5.67. The van der Waals surface area contributed by atoms with Gasteiger partial charge in [0, 0.05) is 29.1 Å². The number of rotatable bonds is 5. The van der Waals surface area contributed by atoms with E-state index in [1.165, 1.54) is 0 Å². The normalized spacial score (nSPS) is 19.1. The molecule has 8 nitrogen and oxygen atoms in total. The van der Waals surface area contributed by atoms with Crippen LogP contribution in [0.3, 0.4) is 0 Å². The van der Waals surface area contributed by atoms with Crippen molar-refractivity contribution in [3.05, 3.63) is 71.2 Å². The molecule has 0 spiro atoms. The van der Waals surface area contributed by atoms with Gasteiger partial charge in [-0.25, -0.2) is 9.48 Å². The fourth-order valence-electron chi connectivity index (χ4n) is 3.97. The van der Waals surface area contributed by atoms with E-state index in [1.54, 1.807) is 19.3 Å². The van der Waals surface area contributed by atoms with Crippen molar-refractivity contribution < 1.29 is 9.59 Å². The average molecular weight is 419 g/mol. The van der Waals surface area contributed by atoms with Crippen LogP contribution in [0.15, 0.2) is 53.8 Å². The van der Waals surface area contributed by atoms with Gasteiger partial charge in [-0.1, -0.05) is 30.3 Å². The lowest BCUT2D eigenvalue weighted by Crippen LogP contribution is -2.40. The predicted octanol–water partition coefficient (Wildman–Crippen LogP) is 3.67. The molecule has 0 saturated carbocycles. The molecule has 1 aliphatic rings. The van der Waals surface area contributed by atoms with Gasteiger partial charge in [0.25, 0.3) is 5.91 Å². The van der Waals surface area contributed by atoms with Crippen molar-refractivity contribution >= 4 is 18.2 Å². The Hall–Kier alpha value is -3.68. The first kappa shape index (κ1) is 20.6. The minimum absolute atomic E-state index is 0.213. The number of hydrogen-bond acceptors (Lipinski definition) is 4. The van der Waals surface area contributed by atoms with Gasteiger partial charge in [-0.15, -0.1) is 5.01 Å². The van der Waals surface area contributed by atoms with E-state index >= 15 is 0 Å². The van der Waals surface area contributed by atoms with E-state index in [9.17, 15) is 9.59 Å². The SMILES string of the molecule is Cc1cc(/C=N\N2C(=O)N[C@](C)(c3ccccc3)C2=O)c(C)n1-c1ccnn1C(C)C. The van der Waals surface area contributed by atoms with Crippen LogP contribution in [-0.4, -0.2) is 37.5 Å². The highest BCUT2D eigenvalue weighted by molar-refractivity contribution is 6.07. The molecule has 1 saturated heterocycles. The summed E-state index contributed by atoms with van der Waals surface area (Å²) in [5, 5.41) is 12.3. The largest absolute Gasteiger partial charge is 0.346 e. The Bertz CT molecular complexity index is 1170. The highest BCUT2D eigenvalue weighted by atomic mass is 16.2. The molecular formula is C23H26N6O2. The highest BCUT2D eigenvalue weighted by Gasteiger charge is 2.49. The number of hydrogen-bond donors (Lipinski definition) is 1. The molecule has 4 rings (SSSR count). The fraction of sp³-hybridized carbons (Fsp3) is 0.304. The smallest absolute Gasteiger partial charge is 0.318 e. The minimum atomic E-state index is -1.14. The lowest BCUT2D eigenvalue weighted by atomic mass is 9.92. The van der Waals surface area contributed by atoms with Gasteiger partial charge in [0.05, 0.1) is 12.4 Å². The number of carbonyl (C=O) groups is 2. The Labute approximate surface area is 181 Å². The van der Waals surface area contributed by atoms with Crippen LogP contribution in [0.25, 0.3) is 5.82 Å². The summed E-state index contributed by atoms with van der Waals surface area (Å²) < 4.78 is 4.04. The van der Waals surface area contributed by atoms with Crippen molar-refractivity contribution in [1.82, 2.24) is 24.7 Å². The number of carbonyl (C=O) groups excluding carboxylic acids is 2. The van der Waals surface area contributed by atoms with E-state index in [2.05, 4.69) is 33.9 Å². The van der Waals surface area contributed by atoms with Crippen molar-refractivity contribution in [1.29, 1.82) is 0 Å². The first-order valence-electron chi connectivity index (χ1n) is 10.2. The summed E-state index contributed by atoms with van der Waals surface area (Å²) in [6.45, 7) is 9.83. The monoisotopic (exact) mass is 418 g/mol. The van der Waals surface area contributed by atoms with E-state index < -0.39 is 17.5 Å². The van der Waals surface area contributed by atoms with E-state index in [4.69, 9.17) is 0 Å². The molecule has 0 unspecified atom stereocenters. The summed E-state index contributed by atoms with van der Waals surface area (Å²) in [7, 11) is 0. The summed E-state index contributed by atoms with van der Waals surface area (Å²) in [6, 6.07) is 12.8. The maximum absolute atomic E-state index is 13.0. The van der Waals surface area contributed by atoms with Crippen molar-refractivity contribution in [3.8, 4) is 5.82 Å². The number of aromatic nitrogens is 3. The molecule has 2 aromatic heterocycles. The summed E-state index contributed by atoms with van der Waals surface area (Å²) in [5.74, 6) is 0.544. The Morgan fingerprint density at radius 1 is 1.13 bits per heavy atom. The first-order valence-corrected chi connectivity index (χ1v) is 10.2. The van der Waals surface area contributed by atoms with Crippen molar-refractivity contribution in [2.24, 2.45) is 5.10 Å². The quantitative estimate of drug-likeness (QED) is 0.507. The molecule has 1 atom stereocenters. The number of benzene rings is 1. The number of nitrogens with one attached hydrogen (secondary N) is 1. The summed E-state index contributed by atoms with van der Waals surface area (Å²) in [4.78, 5) is 25.6. The second-order valence-corrected chi connectivity index (χ2v) is 8.17. The molecular weight excluding hydrogens is 392 g/mol. The zero-order valence-corrected chi connectivity index (χ0v) is 18.3. The minimum Gasteiger partial charge on any atom is -0.318 e. The van der Waals surface area contributed by atoms with Gasteiger partial charge < -0.3 is 9.88 Å². The molecule has 3 aromatic rings.